The summed E-state index contributed by atoms with van der Waals surface area (Å²) < 4.78 is 20.7. The molecule has 1 atom stereocenters. The van der Waals surface area contributed by atoms with Gasteiger partial charge in [-0.25, -0.2) is 9.07 Å². The number of aliphatic imine (C=N–C) groups is 1. The first-order valence-corrected chi connectivity index (χ1v) is 9.48. The van der Waals surface area contributed by atoms with Crippen LogP contribution in [0, 0.1) is 5.82 Å². The molecule has 1 heterocycles. The Morgan fingerprint density at radius 1 is 1.28 bits per heavy atom. The maximum Gasteiger partial charge on any atom is 0.191 e. The first-order valence-electron chi connectivity index (χ1n) is 9.10. The number of nitrogens with zero attached hydrogens (tertiary/aromatic N) is 3. The highest BCUT2D eigenvalue weighted by molar-refractivity contribution is 6.30. The van der Waals surface area contributed by atoms with Crippen LogP contribution in [0.15, 0.2) is 59.9 Å². The summed E-state index contributed by atoms with van der Waals surface area (Å²) in [7, 11) is 3.13. The lowest BCUT2D eigenvalue weighted by Crippen LogP contribution is -2.38. The quantitative estimate of drug-likeness (QED) is 0.470. The fourth-order valence-corrected chi connectivity index (χ4v) is 2.93. The molecule has 29 heavy (non-hydrogen) atoms. The molecular weight excluding hydrogens is 393 g/mol. The van der Waals surface area contributed by atoms with Crippen molar-refractivity contribution >= 4 is 17.6 Å². The predicted octanol–water partition coefficient (Wildman–Crippen LogP) is 4.10. The standard InChI is InChI=1S/C21H23ClFN5O/c1-14(16-4-9-20(29-3)19(23)10-16)27-21(24-2)25-11-15-12-26-28(13-15)18-7-5-17(22)6-8-18/h4-10,12-14H,11H2,1-3H3,(H2,24,25,27). The molecule has 2 aromatic carbocycles. The summed E-state index contributed by atoms with van der Waals surface area (Å²) in [5.41, 5.74) is 2.71. The van der Waals surface area contributed by atoms with E-state index >= 15 is 0 Å². The van der Waals surface area contributed by atoms with Gasteiger partial charge in [0.15, 0.2) is 17.5 Å². The number of ether oxygens (including phenoxy) is 1. The van der Waals surface area contributed by atoms with E-state index in [-0.39, 0.29) is 11.8 Å². The van der Waals surface area contributed by atoms with Gasteiger partial charge in [0.2, 0.25) is 0 Å². The average Bonchev–Trinajstić information content (AvgIpc) is 3.20. The Hall–Kier alpha value is -3.06. The van der Waals surface area contributed by atoms with Gasteiger partial charge in [0.25, 0.3) is 0 Å². The third-order valence-electron chi connectivity index (χ3n) is 4.44. The van der Waals surface area contributed by atoms with Gasteiger partial charge in [-0.1, -0.05) is 17.7 Å². The van der Waals surface area contributed by atoms with Crippen LogP contribution in [0.3, 0.4) is 0 Å². The number of nitrogens with one attached hydrogen (secondary N) is 2. The molecule has 2 N–H and O–H groups in total. The molecule has 0 radical (unpaired) electrons. The van der Waals surface area contributed by atoms with Crippen LogP contribution >= 0.6 is 11.6 Å². The third kappa shape index (κ3) is 5.26. The van der Waals surface area contributed by atoms with Crippen molar-refractivity contribution in [2.24, 2.45) is 4.99 Å². The van der Waals surface area contributed by atoms with Gasteiger partial charge < -0.3 is 15.4 Å². The van der Waals surface area contributed by atoms with Crippen LogP contribution in [0.2, 0.25) is 5.02 Å². The molecule has 1 aromatic heterocycles. The lowest BCUT2D eigenvalue weighted by Gasteiger charge is -2.18. The van der Waals surface area contributed by atoms with E-state index in [0.29, 0.717) is 17.5 Å². The summed E-state index contributed by atoms with van der Waals surface area (Å²) in [5, 5.41) is 11.6. The first-order chi connectivity index (χ1) is 14.0. The minimum Gasteiger partial charge on any atom is -0.494 e. The normalized spacial score (nSPS) is 12.5. The second-order valence-corrected chi connectivity index (χ2v) is 6.89. The van der Waals surface area contributed by atoms with Crippen molar-refractivity contribution in [1.29, 1.82) is 0 Å². The number of hydrogen-bond donors (Lipinski definition) is 2. The highest BCUT2D eigenvalue weighted by Crippen LogP contribution is 2.21. The molecule has 0 fully saturated rings. The number of hydrogen-bond acceptors (Lipinski definition) is 3. The molecule has 8 heteroatoms. The lowest BCUT2D eigenvalue weighted by molar-refractivity contribution is 0.386. The zero-order valence-electron chi connectivity index (χ0n) is 16.5. The van der Waals surface area contributed by atoms with Gasteiger partial charge in [-0.3, -0.25) is 4.99 Å². The Kier molecular flexibility index (Phi) is 6.72. The topological polar surface area (TPSA) is 63.5 Å². The van der Waals surface area contributed by atoms with E-state index in [9.17, 15) is 4.39 Å². The summed E-state index contributed by atoms with van der Waals surface area (Å²) >= 11 is 5.93. The van der Waals surface area contributed by atoms with Gasteiger partial charge in [0.05, 0.1) is 25.0 Å². The molecule has 0 bridgehead atoms. The minimum atomic E-state index is -0.392. The number of guanidine groups is 1. The van der Waals surface area contributed by atoms with E-state index in [0.717, 1.165) is 16.8 Å². The Balaban J connectivity index is 1.59. The van der Waals surface area contributed by atoms with Crippen molar-refractivity contribution in [3.63, 3.8) is 0 Å². The molecule has 0 spiro atoms. The monoisotopic (exact) mass is 415 g/mol. The van der Waals surface area contributed by atoms with Gasteiger partial charge in [0.1, 0.15) is 0 Å². The van der Waals surface area contributed by atoms with Crippen LogP contribution in [0.1, 0.15) is 24.1 Å². The van der Waals surface area contributed by atoms with Gasteiger partial charge in [0, 0.05) is 30.4 Å². The molecule has 0 aliphatic heterocycles. The lowest BCUT2D eigenvalue weighted by atomic mass is 10.1. The molecule has 1 unspecified atom stereocenters. The smallest absolute Gasteiger partial charge is 0.191 e. The largest absolute Gasteiger partial charge is 0.494 e. The molecule has 0 aliphatic rings. The van der Waals surface area contributed by atoms with E-state index in [1.165, 1.54) is 13.2 Å². The predicted molar refractivity (Wildman–Crippen MR) is 113 cm³/mol. The molecule has 0 saturated carbocycles. The molecular formula is C21H23ClFN5O. The van der Waals surface area contributed by atoms with Crippen LogP contribution in [0.5, 0.6) is 5.75 Å². The van der Waals surface area contributed by atoms with Gasteiger partial charge in [-0.2, -0.15) is 5.10 Å². The fourth-order valence-electron chi connectivity index (χ4n) is 2.81. The molecule has 6 nitrogen and oxygen atoms in total. The SMILES string of the molecule is CN=C(NCc1cnn(-c2ccc(Cl)cc2)c1)NC(C)c1ccc(OC)c(F)c1. The van der Waals surface area contributed by atoms with Crippen LogP contribution in [-0.4, -0.2) is 29.9 Å². The van der Waals surface area contributed by atoms with Crippen LogP contribution < -0.4 is 15.4 Å². The second kappa shape index (κ2) is 9.43. The number of benzene rings is 2. The highest BCUT2D eigenvalue weighted by atomic mass is 35.5. The van der Waals surface area contributed by atoms with E-state index in [2.05, 4.69) is 20.7 Å². The summed E-state index contributed by atoms with van der Waals surface area (Å²) in [6.07, 6.45) is 3.73. The Bertz CT molecular complexity index is 987. The van der Waals surface area contributed by atoms with E-state index in [1.807, 2.05) is 43.5 Å². The van der Waals surface area contributed by atoms with Gasteiger partial charge >= 0.3 is 0 Å². The Morgan fingerprint density at radius 3 is 2.69 bits per heavy atom. The van der Waals surface area contributed by atoms with Crippen molar-refractivity contribution in [1.82, 2.24) is 20.4 Å². The number of rotatable bonds is 6. The second-order valence-electron chi connectivity index (χ2n) is 6.46. The molecule has 0 amide bonds. The highest BCUT2D eigenvalue weighted by Gasteiger charge is 2.11. The van der Waals surface area contributed by atoms with Crippen molar-refractivity contribution in [3.8, 4) is 11.4 Å². The maximum atomic E-state index is 13.9. The first kappa shape index (κ1) is 20.7. The number of methoxy groups -OCH3 is 1. The van der Waals surface area contributed by atoms with Crippen molar-refractivity contribution < 1.29 is 9.13 Å². The maximum absolute atomic E-state index is 13.9. The zero-order chi connectivity index (χ0) is 20.8. The summed E-state index contributed by atoms with van der Waals surface area (Å²) in [6, 6.07) is 12.2. The summed E-state index contributed by atoms with van der Waals surface area (Å²) in [6.45, 7) is 2.48. The van der Waals surface area contributed by atoms with Crippen molar-refractivity contribution in [2.75, 3.05) is 14.2 Å². The molecule has 0 saturated heterocycles. The zero-order valence-corrected chi connectivity index (χ0v) is 17.2. The van der Waals surface area contributed by atoms with Gasteiger partial charge in [-0.15, -0.1) is 0 Å². The van der Waals surface area contributed by atoms with E-state index < -0.39 is 5.82 Å². The van der Waals surface area contributed by atoms with Crippen LogP contribution in [-0.2, 0) is 6.54 Å². The molecule has 3 rings (SSSR count). The Labute approximate surface area is 174 Å². The molecule has 0 aliphatic carbocycles. The number of aromatic nitrogens is 2. The van der Waals surface area contributed by atoms with Crippen LogP contribution in [0.25, 0.3) is 5.69 Å². The third-order valence-corrected chi connectivity index (χ3v) is 4.69. The summed E-state index contributed by atoms with van der Waals surface area (Å²) in [4.78, 5) is 4.23. The fraction of sp³-hybridized carbons (Fsp3) is 0.238. The average molecular weight is 416 g/mol. The van der Waals surface area contributed by atoms with E-state index in [4.69, 9.17) is 16.3 Å². The minimum absolute atomic E-state index is 0.140. The van der Waals surface area contributed by atoms with Crippen molar-refractivity contribution in [2.45, 2.75) is 19.5 Å². The van der Waals surface area contributed by atoms with Gasteiger partial charge in [-0.05, 0) is 48.9 Å². The Morgan fingerprint density at radius 2 is 2.03 bits per heavy atom. The number of halogens is 2. The molecule has 152 valence electrons. The summed E-state index contributed by atoms with van der Waals surface area (Å²) in [5.74, 6) is 0.435. The molecule has 3 aromatic rings. The van der Waals surface area contributed by atoms with Crippen molar-refractivity contribution in [3.05, 3.63) is 76.8 Å². The van der Waals surface area contributed by atoms with E-state index in [1.54, 1.807) is 24.0 Å². The van der Waals surface area contributed by atoms with Crippen LogP contribution in [0.4, 0.5) is 4.39 Å².